The van der Waals surface area contributed by atoms with E-state index in [0.717, 1.165) is 33.2 Å². The van der Waals surface area contributed by atoms with E-state index in [2.05, 4.69) is 23.2 Å². The van der Waals surface area contributed by atoms with Crippen molar-refractivity contribution in [2.24, 2.45) is 0 Å². The van der Waals surface area contributed by atoms with Crippen LogP contribution in [0.4, 0.5) is 0 Å². The maximum Gasteiger partial charge on any atom is 0.136 e. The SMILES string of the molecule is [c]1cccc2oc3cc(-c4ccccn4)ccc3c12. The molecular weight excluding hydrogens is 234 g/mol. The highest BCUT2D eigenvalue weighted by molar-refractivity contribution is 6.05. The van der Waals surface area contributed by atoms with Crippen molar-refractivity contribution in [1.29, 1.82) is 0 Å². The van der Waals surface area contributed by atoms with Crippen molar-refractivity contribution in [3.63, 3.8) is 0 Å². The molecular formula is C17H10NO. The van der Waals surface area contributed by atoms with Crippen molar-refractivity contribution in [3.8, 4) is 11.3 Å². The molecule has 4 aromatic rings. The minimum absolute atomic E-state index is 0.871. The van der Waals surface area contributed by atoms with Crippen LogP contribution in [0.1, 0.15) is 0 Å². The number of rotatable bonds is 1. The lowest BCUT2D eigenvalue weighted by Crippen LogP contribution is -1.80. The number of hydrogen-bond acceptors (Lipinski definition) is 2. The van der Waals surface area contributed by atoms with Gasteiger partial charge in [-0.1, -0.05) is 24.3 Å². The second-order valence-corrected chi connectivity index (χ2v) is 4.44. The van der Waals surface area contributed by atoms with Gasteiger partial charge >= 0.3 is 0 Å². The molecule has 89 valence electrons. The van der Waals surface area contributed by atoms with Crippen LogP contribution in [0.5, 0.6) is 0 Å². The molecule has 0 unspecified atom stereocenters. The third-order valence-corrected chi connectivity index (χ3v) is 3.25. The van der Waals surface area contributed by atoms with Crippen LogP contribution in [0.3, 0.4) is 0 Å². The minimum atomic E-state index is 0.871. The zero-order chi connectivity index (χ0) is 12.7. The summed E-state index contributed by atoms with van der Waals surface area (Å²) in [4.78, 5) is 4.36. The molecule has 0 amide bonds. The summed E-state index contributed by atoms with van der Waals surface area (Å²) < 4.78 is 5.86. The molecule has 2 nitrogen and oxygen atoms in total. The number of pyridine rings is 1. The van der Waals surface area contributed by atoms with Crippen LogP contribution in [0.25, 0.3) is 33.2 Å². The van der Waals surface area contributed by atoms with Gasteiger partial charge in [-0.2, -0.15) is 0 Å². The molecule has 0 bridgehead atoms. The molecule has 0 atom stereocenters. The van der Waals surface area contributed by atoms with Crippen LogP contribution >= 0.6 is 0 Å². The Hall–Kier alpha value is -2.61. The molecule has 1 radical (unpaired) electrons. The van der Waals surface area contributed by atoms with Gasteiger partial charge in [0, 0.05) is 22.5 Å². The minimum Gasteiger partial charge on any atom is -0.456 e. The van der Waals surface area contributed by atoms with Crippen LogP contribution in [-0.2, 0) is 0 Å². The van der Waals surface area contributed by atoms with E-state index in [1.54, 1.807) is 6.20 Å². The third kappa shape index (κ3) is 1.61. The van der Waals surface area contributed by atoms with Crippen molar-refractivity contribution >= 4 is 21.9 Å². The zero-order valence-electron chi connectivity index (χ0n) is 10.1. The van der Waals surface area contributed by atoms with Gasteiger partial charge in [0.15, 0.2) is 0 Å². The first-order valence-electron chi connectivity index (χ1n) is 6.16. The average Bonchev–Trinajstić information content (AvgIpc) is 2.86. The number of hydrogen-bond donors (Lipinski definition) is 0. The molecule has 0 saturated heterocycles. The van der Waals surface area contributed by atoms with Gasteiger partial charge in [-0.05, 0) is 36.4 Å². The predicted molar refractivity (Wildman–Crippen MR) is 75.8 cm³/mol. The summed E-state index contributed by atoms with van der Waals surface area (Å²) in [5.74, 6) is 0. The molecule has 4 rings (SSSR count). The van der Waals surface area contributed by atoms with E-state index in [9.17, 15) is 0 Å². The lowest BCUT2D eigenvalue weighted by molar-refractivity contribution is 0.669. The van der Waals surface area contributed by atoms with Gasteiger partial charge in [0.1, 0.15) is 11.2 Å². The molecule has 0 saturated carbocycles. The van der Waals surface area contributed by atoms with E-state index in [0.29, 0.717) is 0 Å². The molecule has 0 aliphatic heterocycles. The average molecular weight is 244 g/mol. The molecule has 2 aromatic heterocycles. The fraction of sp³-hybridized carbons (Fsp3) is 0. The van der Waals surface area contributed by atoms with Crippen LogP contribution < -0.4 is 0 Å². The standard InChI is InChI=1S/C17H10NO/c1-2-7-16-13(5-1)14-9-8-12(11-17(14)19-16)15-6-3-4-10-18-15/h1-4,6-11H. The van der Waals surface area contributed by atoms with Crippen LogP contribution in [0.2, 0.25) is 0 Å². The van der Waals surface area contributed by atoms with Crippen LogP contribution in [0.15, 0.2) is 65.2 Å². The quantitative estimate of drug-likeness (QED) is 0.494. The van der Waals surface area contributed by atoms with E-state index in [4.69, 9.17) is 4.42 Å². The lowest BCUT2D eigenvalue weighted by Gasteiger charge is -1.99. The molecule has 2 heteroatoms. The van der Waals surface area contributed by atoms with Crippen molar-refractivity contribution < 1.29 is 4.42 Å². The van der Waals surface area contributed by atoms with Gasteiger partial charge in [0.25, 0.3) is 0 Å². The summed E-state index contributed by atoms with van der Waals surface area (Å²) >= 11 is 0. The number of fused-ring (bicyclic) bond motifs is 3. The molecule has 2 heterocycles. The van der Waals surface area contributed by atoms with E-state index in [1.807, 2.05) is 42.5 Å². The largest absolute Gasteiger partial charge is 0.456 e. The van der Waals surface area contributed by atoms with E-state index >= 15 is 0 Å². The molecule has 2 aromatic carbocycles. The molecule has 0 N–H and O–H groups in total. The number of benzene rings is 2. The first kappa shape index (κ1) is 10.3. The van der Waals surface area contributed by atoms with Gasteiger partial charge in [0.05, 0.1) is 5.69 Å². The Morgan fingerprint density at radius 2 is 1.95 bits per heavy atom. The highest BCUT2D eigenvalue weighted by Gasteiger charge is 2.08. The lowest BCUT2D eigenvalue weighted by atomic mass is 10.1. The van der Waals surface area contributed by atoms with E-state index in [-0.39, 0.29) is 0 Å². The summed E-state index contributed by atoms with van der Waals surface area (Å²) in [5.41, 5.74) is 3.76. The van der Waals surface area contributed by atoms with Crippen molar-refractivity contribution in [3.05, 3.63) is 66.9 Å². The van der Waals surface area contributed by atoms with Crippen molar-refractivity contribution in [1.82, 2.24) is 4.98 Å². The Kier molecular flexibility index (Phi) is 2.15. The topological polar surface area (TPSA) is 26.0 Å². The molecule has 19 heavy (non-hydrogen) atoms. The Balaban J connectivity index is 1.99. The molecule has 0 aliphatic rings. The summed E-state index contributed by atoms with van der Waals surface area (Å²) in [6.45, 7) is 0. The normalized spacial score (nSPS) is 11.2. The second-order valence-electron chi connectivity index (χ2n) is 4.44. The predicted octanol–water partition coefficient (Wildman–Crippen LogP) is 4.45. The number of nitrogens with zero attached hydrogens (tertiary/aromatic N) is 1. The van der Waals surface area contributed by atoms with Crippen molar-refractivity contribution in [2.75, 3.05) is 0 Å². The van der Waals surface area contributed by atoms with Gasteiger partial charge in [0.2, 0.25) is 0 Å². The fourth-order valence-electron chi connectivity index (χ4n) is 2.34. The maximum atomic E-state index is 5.86. The number of aromatic nitrogens is 1. The second kappa shape index (κ2) is 3.95. The maximum absolute atomic E-state index is 5.86. The Labute approximate surface area is 110 Å². The summed E-state index contributed by atoms with van der Waals surface area (Å²) in [5, 5.41) is 2.13. The zero-order valence-corrected chi connectivity index (χ0v) is 10.1. The Morgan fingerprint density at radius 3 is 2.84 bits per heavy atom. The fourth-order valence-corrected chi connectivity index (χ4v) is 2.34. The van der Waals surface area contributed by atoms with Gasteiger partial charge < -0.3 is 4.42 Å². The van der Waals surface area contributed by atoms with E-state index < -0.39 is 0 Å². The Morgan fingerprint density at radius 1 is 0.947 bits per heavy atom. The van der Waals surface area contributed by atoms with Gasteiger partial charge in [-0.25, -0.2) is 0 Å². The first-order valence-corrected chi connectivity index (χ1v) is 6.16. The van der Waals surface area contributed by atoms with Crippen LogP contribution in [0, 0.1) is 6.07 Å². The monoisotopic (exact) mass is 244 g/mol. The summed E-state index contributed by atoms with van der Waals surface area (Å²) in [7, 11) is 0. The highest BCUT2D eigenvalue weighted by Crippen LogP contribution is 2.31. The summed E-state index contributed by atoms with van der Waals surface area (Å²) in [6, 6.07) is 21.1. The third-order valence-electron chi connectivity index (χ3n) is 3.25. The van der Waals surface area contributed by atoms with Crippen LogP contribution in [-0.4, -0.2) is 4.98 Å². The number of furan rings is 1. The van der Waals surface area contributed by atoms with E-state index in [1.165, 1.54) is 0 Å². The molecule has 0 aliphatic carbocycles. The molecule has 0 spiro atoms. The Bertz CT molecular complexity index is 862. The van der Waals surface area contributed by atoms with Gasteiger partial charge in [-0.15, -0.1) is 0 Å². The molecule has 0 fully saturated rings. The van der Waals surface area contributed by atoms with Crippen molar-refractivity contribution in [2.45, 2.75) is 0 Å². The highest BCUT2D eigenvalue weighted by atomic mass is 16.3. The summed E-state index contributed by atoms with van der Waals surface area (Å²) in [6.07, 6.45) is 1.80. The smallest absolute Gasteiger partial charge is 0.136 e. The van der Waals surface area contributed by atoms with Gasteiger partial charge in [-0.3, -0.25) is 4.98 Å². The first-order chi connectivity index (χ1) is 9.42.